The molecule has 1 aromatic heterocycles. The van der Waals surface area contributed by atoms with Crippen LogP contribution in [-0.2, 0) is 25.7 Å². The number of anilines is 1. The molecule has 2 aromatic rings. The molecule has 3 amide bonds. The maximum atomic E-state index is 14.0. The van der Waals surface area contributed by atoms with E-state index in [1.807, 2.05) is 29.7 Å². The normalized spacial score (nSPS) is 31.0. The molecule has 4 aliphatic rings. The Hall–Kier alpha value is -2.68. The summed E-state index contributed by atoms with van der Waals surface area (Å²) in [6.45, 7) is 0.308. The van der Waals surface area contributed by atoms with Crippen LogP contribution in [-0.4, -0.2) is 46.4 Å². The molecule has 3 aliphatic heterocycles. The second-order valence-corrected chi connectivity index (χ2v) is 11.6. The van der Waals surface area contributed by atoms with Crippen LogP contribution in [0.2, 0.25) is 5.02 Å². The van der Waals surface area contributed by atoms with Crippen LogP contribution in [0.1, 0.15) is 37.0 Å². The van der Waals surface area contributed by atoms with Crippen LogP contribution in [0.4, 0.5) is 5.69 Å². The average molecular weight is 526 g/mol. The van der Waals surface area contributed by atoms with E-state index in [1.165, 1.54) is 6.42 Å². The molecule has 9 heteroatoms. The smallest absolute Gasteiger partial charge is 0.246 e. The largest absolute Gasteiger partial charge is 0.359 e. The van der Waals surface area contributed by atoms with E-state index in [0.29, 0.717) is 17.3 Å². The van der Waals surface area contributed by atoms with Crippen LogP contribution in [0.5, 0.6) is 0 Å². The van der Waals surface area contributed by atoms with Crippen molar-refractivity contribution < 1.29 is 19.1 Å². The molecule has 1 aliphatic carbocycles. The standard InChI is InChI=1S/C27H28ClN3O4S/c28-16-6-4-9-18(14-16)30-24(32)21-20-11-12-27(35-20)22(21)26(34)31(15-19-10-5-13-36-19)23(27)25(33)29-17-7-2-1-3-8-17/h4-6,9-14,17,20-23H,1-3,7-8,15H2,(H,29,33)(H,30,32)/t20-,21+,22-,23+,27-/m1/s1. The zero-order valence-electron chi connectivity index (χ0n) is 19.7. The number of halogens is 1. The van der Waals surface area contributed by atoms with Gasteiger partial charge in [0.05, 0.1) is 24.5 Å². The lowest BCUT2D eigenvalue weighted by Crippen LogP contribution is -2.56. The number of thiophene rings is 1. The van der Waals surface area contributed by atoms with Crippen molar-refractivity contribution in [1.82, 2.24) is 10.2 Å². The van der Waals surface area contributed by atoms with Crippen molar-refractivity contribution in [2.45, 2.75) is 62.4 Å². The first-order chi connectivity index (χ1) is 17.5. The van der Waals surface area contributed by atoms with Crippen molar-refractivity contribution in [3.63, 3.8) is 0 Å². The van der Waals surface area contributed by atoms with Gasteiger partial charge in [-0.05, 0) is 42.5 Å². The van der Waals surface area contributed by atoms with Gasteiger partial charge in [0.25, 0.3) is 0 Å². The monoisotopic (exact) mass is 525 g/mol. The fourth-order valence-corrected chi connectivity index (χ4v) is 7.22. The number of benzene rings is 1. The van der Waals surface area contributed by atoms with Crippen LogP contribution in [0.25, 0.3) is 0 Å². The molecule has 1 aromatic carbocycles. The minimum Gasteiger partial charge on any atom is -0.359 e. The lowest BCUT2D eigenvalue weighted by atomic mass is 9.74. The van der Waals surface area contributed by atoms with Gasteiger partial charge < -0.3 is 20.3 Å². The molecule has 6 rings (SSSR count). The summed E-state index contributed by atoms with van der Waals surface area (Å²) in [6, 6.07) is 10.1. The summed E-state index contributed by atoms with van der Waals surface area (Å²) in [5.41, 5.74) is -0.602. The third-order valence-electron chi connectivity index (χ3n) is 7.88. The molecule has 1 saturated carbocycles. The molecule has 188 valence electrons. The third kappa shape index (κ3) is 3.96. The van der Waals surface area contributed by atoms with Gasteiger partial charge in [-0.25, -0.2) is 0 Å². The van der Waals surface area contributed by atoms with E-state index in [4.69, 9.17) is 16.3 Å². The second-order valence-electron chi connectivity index (χ2n) is 10.1. The quantitative estimate of drug-likeness (QED) is 0.555. The molecule has 4 heterocycles. The van der Waals surface area contributed by atoms with Crippen molar-refractivity contribution in [1.29, 1.82) is 0 Å². The number of carbonyl (C=O) groups excluding carboxylic acids is 3. The van der Waals surface area contributed by atoms with Gasteiger partial charge in [0, 0.05) is 21.6 Å². The Morgan fingerprint density at radius 2 is 1.97 bits per heavy atom. The van der Waals surface area contributed by atoms with Gasteiger partial charge in [-0.3, -0.25) is 14.4 Å². The Bertz CT molecular complexity index is 1210. The van der Waals surface area contributed by atoms with E-state index in [1.54, 1.807) is 40.5 Å². The first-order valence-corrected chi connectivity index (χ1v) is 13.8. The summed E-state index contributed by atoms with van der Waals surface area (Å²) < 4.78 is 6.40. The topological polar surface area (TPSA) is 87.7 Å². The maximum Gasteiger partial charge on any atom is 0.246 e. The lowest BCUT2D eigenvalue weighted by Gasteiger charge is -2.34. The summed E-state index contributed by atoms with van der Waals surface area (Å²) in [4.78, 5) is 43.8. The highest BCUT2D eigenvalue weighted by Gasteiger charge is 2.72. The number of ether oxygens (including phenoxy) is 1. The predicted octanol–water partition coefficient (Wildman–Crippen LogP) is 4.14. The summed E-state index contributed by atoms with van der Waals surface area (Å²) in [7, 11) is 0. The van der Waals surface area contributed by atoms with Gasteiger partial charge in [-0.15, -0.1) is 11.3 Å². The van der Waals surface area contributed by atoms with E-state index in [-0.39, 0.29) is 23.8 Å². The molecule has 3 fully saturated rings. The SMILES string of the molecule is O=C(Nc1cccc(Cl)c1)[C@H]1[C@H]2C=C[C@]3(O2)[C@H](C(=O)NC2CCCCC2)N(Cc2cccs2)C(=O)[C@@H]13. The first-order valence-electron chi connectivity index (χ1n) is 12.5. The Labute approximate surface area is 218 Å². The predicted molar refractivity (Wildman–Crippen MR) is 137 cm³/mol. The number of hydrogen-bond acceptors (Lipinski definition) is 5. The van der Waals surface area contributed by atoms with Crippen LogP contribution in [0, 0.1) is 11.8 Å². The van der Waals surface area contributed by atoms with Crippen molar-refractivity contribution in [2.24, 2.45) is 11.8 Å². The molecule has 2 saturated heterocycles. The van der Waals surface area contributed by atoms with Crippen LogP contribution < -0.4 is 10.6 Å². The third-order valence-corrected chi connectivity index (χ3v) is 8.97. The number of rotatable bonds is 6. The Morgan fingerprint density at radius 1 is 1.14 bits per heavy atom. The number of hydrogen-bond donors (Lipinski definition) is 2. The van der Waals surface area contributed by atoms with Gasteiger partial charge in [0.15, 0.2) is 0 Å². The molecule has 0 radical (unpaired) electrons. The lowest BCUT2D eigenvalue weighted by molar-refractivity contribution is -0.142. The zero-order chi connectivity index (χ0) is 24.9. The van der Waals surface area contributed by atoms with Crippen molar-refractivity contribution in [3.8, 4) is 0 Å². The highest BCUT2D eigenvalue weighted by molar-refractivity contribution is 7.09. The number of fused-ring (bicyclic) bond motifs is 1. The molecule has 2 N–H and O–H groups in total. The Morgan fingerprint density at radius 3 is 2.72 bits per heavy atom. The van der Waals surface area contributed by atoms with Crippen molar-refractivity contribution in [3.05, 3.63) is 63.8 Å². The fraction of sp³-hybridized carbons (Fsp3) is 0.444. The summed E-state index contributed by atoms with van der Waals surface area (Å²) in [5.74, 6) is -2.23. The molecular formula is C27H28ClN3O4S. The van der Waals surface area contributed by atoms with Crippen molar-refractivity contribution in [2.75, 3.05) is 5.32 Å². The van der Waals surface area contributed by atoms with E-state index in [0.717, 1.165) is 30.6 Å². The number of nitrogens with zero attached hydrogens (tertiary/aromatic N) is 1. The molecular weight excluding hydrogens is 498 g/mol. The number of likely N-dealkylation sites (tertiary alicyclic amines) is 1. The van der Waals surface area contributed by atoms with E-state index in [2.05, 4.69) is 10.6 Å². The number of amides is 3. The number of nitrogens with one attached hydrogen (secondary N) is 2. The Balaban J connectivity index is 1.32. The van der Waals surface area contributed by atoms with Gasteiger partial charge in [-0.1, -0.05) is 55.1 Å². The van der Waals surface area contributed by atoms with Crippen molar-refractivity contribution >= 4 is 46.3 Å². The minimum atomic E-state index is -1.16. The molecule has 2 bridgehead atoms. The van der Waals surface area contributed by atoms with E-state index >= 15 is 0 Å². The highest BCUT2D eigenvalue weighted by Crippen LogP contribution is 2.55. The van der Waals surface area contributed by atoms with Crippen LogP contribution >= 0.6 is 22.9 Å². The molecule has 0 unspecified atom stereocenters. The summed E-state index contributed by atoms with van der Waals surface area (Å²) in [6.07, 6.45) is 8.37. The van der Waals surface area contributed by atoms with E-state index in [9.17, 15) is 14.4 Å². The summed E-state index contributed by atoms with van der Waals surface area (Å²) >= 11 is 7.63. The molecule has 36 heavy (non-hydrogen) atoms. The van der Waals surface area contributed by atoms with E-state index < -0.39 is 29.6 Å². The molecule has 5 atom stereocenters. The highest BCUT2D eigenvalue weighted by atomic mass is 35.5. The summed E-state index contributed by atoms with van der Waals surface area (Å²) in [5, 5.41) is 8.58. The molecule has 7 nitrogen and oxygen atoms in total. The number of carbonyl (C=O) groups is 3. The van der Waals surface area contributed by atoms with Crippen LogP contribution in [0.15, 0.2) is 53.9 Å². The van der Waals surface area contributed by atoms with Gasteiger partial charge in [0.2, 0.25) is 17.7 Å². The first kappa shape index (κ1) is 23.7. The average Bonchev–Trinajstić information content (AvgIpc) is 3.63. The van der Waals surface area contributed by atoms with Gasteiger partial charge >= 0.3 is 0 Å². The molecule has 1 spiro atoms. The minimum absolute atomic E-state index is 0.102. The van der Waals surface area contributed by atoms with Gasteiger partial charge in [0.1, 0.15) is 11.6 Å². The van der Waals surface area contributed by atoms with Crippen LogP contribution in [0.3, 0.4) is 0 Å². The fourth-order valence-electron chi connectivity index (χ4n) is 6.33. The zero-order valence-corrected chi connectivity index (χ0v) is 21.3. The maximum absolute atomic E-state index is 14.0. The second kappa shape index (κ2) is 9.32. The van der Waals surface area contributed by atoms with Gasteiger partial charge in [-0.2, -0.15) is 0 Å². The Kier molecular flexibility index (Phi) is 6.14.